The maximum atomic E-state index is 13.0. The zero-order chi connectivity index (χ0) is 25.6. The number of nitrogens with zero attached hydrogens (tertiary/aromatic N) is 4. The van der Waals surface area contributed by atoms with Gasteiger partial charge < -0.3 is 10.4 Å². The lowest BCUT2D eigenvalue weighted by Crippen LogP contribution is -2.12. The number of carbonyl (C=O) groups is 1. The number of hydrogen-bond donors (Lipinski definition) is 2. The molecule has 1 fully saturated rings. The van der Waals surface area contributed by atoms with Crippen molar-refractivity contribution >= 4 is 29.0 Å². The Hall–Kier alpha value is -3.55. The first-order valence-corrected chi connectivity index (χ1v) is 10.4. The minimum absolute atomic E-state index is 0.0124. The van der Waals surface area contributed by atoms with Crippen LogP contribution in [0.5, 0.6) is 0 Å². The van der Waals surface area contributed by atoms with E-state index in [0.717, 1.165) is 12.8 Å². The molecule has 0 amide bonds. The molecule has 4 aromatic rings. The van der Waals surface area contributed by atoms with Crippen molar-refractivity contribution in [2.24, 2.45) is 0 Å². The first-order chi connectivity index (χ1) is 17.3. The Labute approximate surface area is 195 Å². The molecule has 2 aromatic carbocycles. The molecule has 2 heterocycles. The third-order valence-corrected chi connectivity index (χ3v) is 5.27. The highest BCUT2D eigenvalue weighted by atomic mass is 35.5. The third kappa shape index (κ3) is 4.26. The Morgan fingerprint density at radius 2 is 1.94 bits per heavy atom. The van der Waals surface area contributed by atoms with Crippen molar-refractivity contribution < 1.29 is 15.4 Å². The summed E-state index contributed by atoms with van der Waals surface area (Å²) in [6.07, 6.45) is 5.26. The van der Waals surface area contributed by atoms with E-state index in [-0.39, 0.29) is 27.8 Å². The molecule has 1 atom stereocenters. The van der Waals surface area contributed by atoms with Crippen LogP contribution in [0.1, 0.15) is 46.4 Å². The van der Waals surface area contributed by atoms with Gasteiger partial charge in [0.25, 0.3) is 0 Å². The summed E-state index contributed by atoms with van der Waals surface area (Å²) in [4.78, 5) is 21.5. The summed E-state index contributed by atoms with van der Waals surface area (Å²) in [5, 5.41) is 17.8. The van der Waals surface area contributed by atoms with E-state index in [1.807, 2.05) is 10.9 Å². The number of Topliss-reactive ketones (excluding diaryl/α,β-unsaturated/α-hetero) is 1. The number of halogens is 1. The fourth-order valence-corrected chi connectivity index (χ4v) is 3.34. The van der Waals surface area contributed by atoms with Gasteiger partial charge in [-0.3, -0.25) is 9.48 Å². The largest absolute Gasteiger partial charge is 0.380 e. The van der Waals surface area contributed by atoms with Crippen LogP contribution in [0, 0.1) is 0 Å². The predicted octanol–water partition coefficient (Wildman–Crippen LogP) is 4.99. The van der Waals surface area contributed by atoms with E-state index in [4.69, 9.17) is 17.1 Å². The summed E-state index contributed by atoms with van der Waals surface area (Å²) in [7, 11) is 0. The number of benzene rings is 2. The molecule has 1 aliphatic rings. The van der Waals surface area contributed by atoms with Crippen LogP contribution < -0.4 is 5.32 Å². The third-order valence-electron chi connectivity index (χ3n) is 4.99. The average molecular weight is 450 g/mol. The molecule has 32 heavy (non-hydrogen) atoms. The van der Waals surface area contributed by atoms with Crippen molar-refractivity contribution in [1.82, 2.24) is 19.7 Å². The standard InChI is InChI=1S/C24H20ClN5O2/c25-20-13-26-24(28-18-12-27-30(14-18)19-10-11-19)29-21(20)15-6-8-17(9-7-15)23(32)22(31)16-4-2-1-3-5-16/h1-9,12-14,19,22,31H,10-11H2,(H,26,28,29)/i6D,7D,8D,9D. The van der Waals surface area contributed by atoms with Crippen molar-refractivity contribution in [2.75, 3.05) is 5.32 Å². The van der Waals surface area contributed by atoms with Crippen LogP contribution in [0.4, 0.5) is 11.6 Å². The molecule has 0 aliphatic heterocycles. The number of rotatable bonds is 7. The van der Waals surface area contributed by atoms with Gasteiger partial charge in [0.15, 0.2) is 5.78 Å². The molecule has 8 heteroatoms. The lowest BCUT2D eigenvalue weighted by Gasteiger charge is -2.11. The average Bonchev–Trinajstić information content (AvgIpc) is 3.63. The van der Waals surface area contributed by atoms with Gasteiger partial charge in [0.1, 0.15) is 6.10 Å². The normalized spacial score (nSPS) is 15.9. The van der Waals surface area contributed by atoms with Crippen LogP contribution >= 0.6 is 11.6 Å². The van der Waals surface area contributed by atoms with E-state index in [2.05, 4.69) is 20.4 Å². The van der Waals surface area contributed by atoms with Gasteiger partial charge in [-0.25, -0.2) is 9.97 Å². The monoisotopic (exact) mass is 449 g/mol. The summed E-state index contributed by atoms with van der Waals surface area (Å²) in [6.45, 7) is 0. The summed E-state index contributed by atoms with van der Waals surface area (Å²) in [5.41, 5.74) is 0.206. The Morgan fingerprint density at radius 3 is 2.66 bits per heavy atom. The molecular weight excluding hydrogens is 426 g/mol. The zero-order valence-corrected chi connectivity index (χ0v) is 17.5. The highest BCUT2D eigenvalue weighted by molar-refractivity contribution is 6.32. The van der Waals surface area contributed by atoms with Crippen molar-refractivity contribution in [3.8, 4) is 11.3 Å². The van der Waals surface area contributed by atoms with E-state index in [1.165, 1.54) is 18.3 Å². The van der Waals surface area contributed by atoms with Crippen molar-refractivity contribution in [3.05, 3.63) is 89.2 Å². The molecule has 0 bridgehead atoms. The van der Waals surface area contributed by atoms with E-state index in [9.17, 15) is 9.90 Å². The van der Waals surface area contributed by atoms with E-state index >= 15 is 0 Å². The van der Waals surface area contributed by atoms with E-state index in [1.54, 1.807) is 24.4 Å². The summed E-state index contributed by atoms with van der Waals surface area (Å²) < 4.78 is 35.7. The van der Waals surface area contributed by atoms with Crippen molar-refractivity contribution in [3.63, 3.8) is 0 Å². The maximum absolute atomic E-state index is 13.0. The van der Waals surface area contributed by atoms with Crippen LogP contribution in [0.3, 0.4) is 0 Å². The fraction of sp³-hybridized carbons (Fsp3) is 0.167. The Bertz CT molecular complexity index is 1450. The van der Waals surface area contributed by atoms with Crippen molar-refractivity contribution in [2.45, 2.75) is 25.0 Å². The molecule has 0 spiro atoms. The lowest BCUT2D eigenvalue weighted by atomic mass is 9.98. The van der Waals surface area contributed by atoms with Crippen LogP contribution in [-0.4, -0.2) is 30.6 Å². The first kappa shape index (κ1) is 16.1. The van der Waals surface area contributed by atoms with Gasteiger partial charge in [-0.15, -0.1) is 0 Å². The summed E-state index contributed by atoms with van der Waals surface area (Å²) in [5.74, 6) is -0.810. The number of anilines is 2. The second-order valence-corrected chi connectivity index (χ2v) is 7.79. The maximum Gasteiger partial charge on any atom is 0.227 e. The zero-order valence-electron chi connectivity index (χ0n) is 20.7. The van der Waals surface area contributed by atoms with Gasteiger partial charge in [0, 0.05) is 17.3 Å². The van der Waals surface area contributed by atoms with Gasteiger partial charge >= 0.3 is 0 Å². The number of aromatic nitrogens is 4. The molecule has 2 N–H and O–H groups in total. The molecule has 1 unspecified atom stereocenters. The van der Waals surface area contributed by atoms with E-state index in [0.29, 0.717) is 11.7 Å². The SMILES string of the molecule is [2H]c1c([2H])c(-c2nc(Nc3cnn(C4CC4)c3)ncc2Cl)c([2H])c([2H])c1C(=O)C(O)c1ccccc1. The number of hydrogen-bond acceptors (Lipinski definition) is 6. The first-order valence-electron chi connectivity index (χ1n) is 12.0. The Balaban J connectivity index is 1.52. The summed E-state index contributed by atoms with van der Waals surface area (Å²) in [6, 6.07) is 6.27. The molecule has 160 valence electrons. The fourth-order valence-electron chi connectivity index (χ4n) is 3.15. The molecule has 0 saturated heterocycles. The van der Waals surface area contributed by atoms with Gasteiger partial charge in [0.2, 0.25) is 5.95 Å². The molecule has 1 saturated carbocycles. The van der Waals surface area contributed by atoms with Gasteiger partial charge in [0.05, 0.1) is 40.3 Å². The van der Waals surface area contributed by atoms with E-state index < -0.39 is 41.6 Å². The van der Waals surface area contributed by atoms with Gasteiger partial charge in [-0.1, -0.05) is 66.1 Å². The molecule has 0 radical (unpaired) electrons. The highest BCUT2D eigenvalue weighted by Gasteiger charge is 2.24. The van der Waals surface area contributed by atoms with Crippen LogP contribution in [0.15, 0.2) is 73.1 Å². The molecule has 5 rings (SSSR count). The van der Waals surface area contributed by atoms with Gasteiger partial charge in [-0.2, -0.15) is 5.10 Å². The smallest absolute Gasteiger partial charge is 0.227 e. The number of aliphatic hydroxyl groups is 1. The van der Waals surface area contributed by atoms with Crippen LogP contribution in [0.2, 0.25) is 5.02 Å². The minimum atomic E-state index is -1.64. The molecule has 1 aliphatic carbocycles. The second-order valence-electron chi connectivity index (χ2n) is 7.38. The number of carbonyl (C=O) groups excluding carboxylic acids is 1. The topological polar surface area (TPSA) is 92.9 Å². The highest BCUT2D eigenvalue weighted by Crippen LogP contribution is 2.35. The Morgan fingerprint density at radius 1 is 1.19 bits per heavy atom. The number of aliphatic hydroxyl groups excluding tert-OH is 1. The second kappa shape index (κ2) is 8.53. The molecule has 7 nitrogen and oxygen atoms in total. The number of nitrogens with one attached hydrogen (secondary N) is 1. The molecular formula is C24H20ClN5O2. The molecule has 2 aromatic heterocycles. The number of ketones is 1. The summed E-state index contributed by atoms with van der Waals surface area (Å²) >= 11 is 6.30. The van der Waals surface area contributed by atoms with Gasteiger partial charge in [-0.05, 0) is 18.4 Å². The minimum Gasteiger partial charge on any atom is -0.380 e. The predicted molar refractivity (Wildman–Crippen MR) is 122 cm³/mol. The van der Waals surface area contributed by atoms with Crippen molar-refractivity contribution in [1.29, 1.82) is 0 Å². The van der Waals surface area contributed by atoms with Crippen LogP contribution in [-0.2, 0) is 0 Å². The lowest BCUT2D eigenvalue weighted by molar-refractivity contribution is 0.0747. The van der Waals surface area contributed by atoms with Crippen LogP contribution in [0.25, 0.3) is 11.3 Å². The Kier molecular flexibility index (Phi) is 4.30. The quantitative estimate of drug-likeness (QED) is 0.386.